The highest BCUT2D eigenvalue weighted by Gasteiger charge is 2.02. The molecule has 0 atom stereocenters. The lowest BCUT2D eigenvalue weighted by Crippen LogP contribution is -2.34. The number of rotatable bonds is 4. The number of nitrogens with zero attached hydrogens (tertiary/aromatic N) is 2. The van der Waals surface area contributed by atoms with Crippen molar-refractivity contribution < 1.29 is 4.74 Å². The molecule has 7 heteroatoms. The smallest absolute Gasteiger partial charge is 0.235 e. The molecule has 0 bridgehead atoms. The number of nitrogens with one attached hydrogen (secondary N) is 2. The summed E-state index contributed by atoms with van der Waals surface area (Å²) in [6, 6.07) is 0. The number of ether oxygens (including phenoxy) is 1. The van der Waals surface area contributed by atoms with Gasteiger partial charge in [-0.05, 0) is 12.2 Å². The third kappa shape index (κ3) is 4.35. The van der Waals surface area contributed by atoms with Crippen molar-refractivity contribution in [2.24, 2.45) is 5.84 Å². The van der Waals surface area contributed by atoms with Gasteiger partial charge >= 0.3 is 0 Å². The molecule has 1 rings (SSSR count). The average molecular weight is 219 g/mol. The van der Waals surface area contributed by atoms with Crippen molar-refractivity contribution in [1.82, 2.24) is 15.2 Å². The molecule has 1 heterocycles. The molecular formula is C7H17N5OS. The predicted octanol–water partition coefficient (Wildman–Crippen LogP) is 0.820. The van der Waals surface area contributed by atoms with Crippen LogP contribution in [0.2, 0.25) is 0 Å². The van der Waals surface area contributed by atoms with Crippen molar-refractivity contribution >= 4 is 18.2 Å². The lowest BCUT2D eigenvalue weighted by atomic mass is 10.6. The van der Waals surface area contributed by atoms with Crippen LogP contribution in [0.3, 0.4) is 0 Å². The summed E-state index contributed by atoms with van der Waals surface area (Å²) in [7, 11) is 1.61. The van der Waals surface area contributed by atoms with E-state index in [0.29, 0.717) is 23.9 Å². The van der Waals surface area contributed by atoms with Gasteiger partial charge in [0.05, 0.1) is 13.2 Å². The van der Waals surface area contributed by atoms with Gasteiger partial charge in [0.2, 0.25) is 10.7 Å². The van der Waals surface area contributed by atoms with Crippen molar-refractivity contribution in [3.63, 3.8) is 0 Å². The molecule has 82 valence electrons. The maximum atomic E-state index is 5.59. The molecule has 0 amide bonds. The predicted molar refractivity (Wildman–Crippen MR) is 58.5 cm³/mol. The van der Waals surface area contributed by atoms with E-state index in [1.54, 1.807) is 7.11 Å². The number of aromatic amines is 2. The normalized spacial score (nSPS) is 9.14. The van der Waals surface area contributed by atoms with E-state index in [4.69, 9.17) is 22.8 Å². The number of nitrogens with two attached hydrogens (primary N) is 1. The molecule has 1 aromatic rings. The van der Waals surface area contributed by atoms with Crippen molar-refractivity contribution in [3.8, 4) is 0 Å². The standard InChI is InChI=1S/C5H11N5OS.C2H6/c1-11-3-2-10(6)4-7-5(12)9-8-4;1-2/h2-3,6H2,1H3,(H2,7,8,9,12);1-2H3. The number of hydrogen-bond acceptors (Lipinski definition) is 5. The molecule has 0 unspecified atom stereocenters. The van der Waals surface area contributed by atoms with Gasteiger partial charge in [-0.25, -0.2) is 5.84 Å². The summed E-state index contributed by atoms with van der Waals surface area (Å²) >= 11 is 4.75. The summed E-state index contributed by atoms with van der Waals surface area (Å²) in [6.45, 7) is 5.11. The molecule has 0 aliphatic carbocycles. The quantitative estimate of drug-likeness (QED) is 0.397. The van der Waals surface area contributed by atoms with Gasteiger partial charge in [0.1, 0.15) is 0 Å². The molecule has 0 aliphatic rings. The zero-order valence-electron chi connectivity index (χ0n) is 8.70. The van der Waals surface area contributed by atoms with Gasteiger partial charge in [0.25, 0.3) is 0 Å². The maximum absolute atomic E-state index is 5.59. The summed E-state index contributed by atoms with van der Waals surface area (Å²) < 4.78 is 5.23. The summed E-state index contributed by atoms with van der Waals surface area (Å²) in [4.78, 5) is 3.91. The highest BCUT2D eigenvalue weighted by molar-refractivity contribution is 7.71. The van der Waals surface area contributed by atoms with Crippen LogP contribution in [0.15, 0.2) is 0 Å². The average Bonchev–Trinajstić information content (AvgIpc) is 2.64. The Morgan fingerprint density at radius 3 is 2.57 bits per heavy atom. The van der Waals surface area contributed by atoms with Crippen LogP contribution in [-0.4, -0.2) is 35.4 Å². The maximum Gasteiger partial charge on any atom is 0.235 e. The molecule has 4 N–H and O–H groups in total. The zero-order valence-corrected chi connectivity index (χ0v) is 9.52. The monoisotopic (exact) mass is 219 g/mol. The Morgan fingerprint density at radius 2 is 2.14 bits per heavy atom. The first-order valence-corrected chi connectivity index (χ1v) is 4.80. The minimum atomic E-state index is 0.387. The Bertz CT molecular complexity index is 284. The second-order valence-corrected chi connectivity index (χ2v) is 2.56. The van der Waals surface area contributed by atoms with Crippen molar-refractivity contribution in [2.75, 3.05) is 25.3 Å². The molecule has 0 aliphatic heterocycles. The fourth-order valence-electron chi connectivity index (χ4n) is 0.693. The Balaban J connectivity index is 0.000000791. The molecule has 0 saturated carbocycles. The Labute approximate surface area is 88.4 Å². The van der Waals surface area contributed by atoms with E-state index in [-0.39, 0.29) is 0 Å². The molecule has 0 saturated heterocycles. The number of hydrazine groups is 1. The summed E-state index contributed by atoms with van der Waals surface area (Å²) in [5.74, 6) is 6.10. The summed E-state index contributed by atoms with van der Waals surface area (Å²) in [5.41, 5.74) is 0. The van der Waals surface area contributed by atoms with Crippen LogP contribution in [0.1, 0.15) is 13.8 Å². The molecule has 0 spiro atoms. The summed E-state index contributed by atoms with van der Waals surface area (Å²) in [6.07, 6.45) is 0. The van der Waals surface area contributed by atoms with E-state index >= 15 is 0 Å². The number of hydrogen-bond donors (Lipinski definition) is 3. The first-order valence-electron chi connectivity index (χ1n) is 4.40. The van der Waals surface area contributed by atoms with Crippen LogP contribution in [0.25, 0.3) is 0 Å². The highest BCUT2D eigenvalue weighted by Crippen LogP contribution is 1.98. The third-order valence-corrected chi connectivity index (χ3v) is 1.49. The lowest BCUT2D eigenvalue weighted by Gasteiger charge is -2.13. The van der Waals surface area contributed by atoms with E-state index in [1.165, 1.54) is 5.01 Å². The molecule has 14 heavy (non-hydrogen) atoms. The Morgan fingerprint density at radius 1 is 1.50 bits per heavy atom. The summed E-state index contributed by atoms with van der Waals surface area (Å²) in [5, 5.41) is 6.79. The van der Waals surface area contributed by atoms with Gasteiger partial charge in [-0.2, -0.15) is 4.98 Å². The van der Waals surface area contributed by atoms with Gasteiger partial charge in [-0.3, -0.25) is 15.2 Å². The molecule has 0 aromatic carbocycles. The first kappa shape index (κ1) is 13.1. The van der Waals surface area contributed by atoms with Gasteiger partial charge in [-0.15, -0.1) is 0 Å². The minimum Gasteiger partial charge on any atom is -0.383 e. The zero-order chi connectivity index (χ0) is 11.0. The van der Waals surface area contributed by atoms with Gasteiger partial charge < -0.3 is 4.74 Å². The lowest BCUT2D eigenvalue weighted by molar-refractivity contribution is 0.205. The van der Waals surface area contributed by atoms with E-state index in [9.17, 15) is 0 Å². The van der Waals surface area contributed by atoms with Crippen LogP contribution in [0.5, 0.6) is 0 Å². The Hall–Kier alpha value is -0.920. The van der Waals surface area contributed by atoms with E-state index in [1.807, 2.05) is 13.8 Å². The fourth-order valence-corrected chi connectivity index (χ4v) is 0.831. The number of anilines is 1. The van der Waals surface area contributed by atoms with Gasteiger partial charge in [0.15, 0.2) is 0 Å². The van der Waals surface area contributed by atoms with Gasteiger partial charge in [0, 0.05) is 7.11 Å². The molecule has 0 radical (unpaired) electrons. The topological polar surface area (TPSA) is 83.0 Å². The van der Waals surface area contributed by atoms with Crippen LogP contribution >= 0.6 is 12.2 Å². The second-order valence-electron chi connectivity index (χ2n) is 2.18. The molecular weight excluding hydrogens is 202 g/mol. The van der Waals surface area contributed by atoms with Crippen molar-refractivity contribution in [1.29, 1.82) is 0 Å². The van der Waals surface area contributed by atoms with Crippen molar-refractivity contribution in [2.45, 2.75) is 13.8 Å². The van der Waals surface area contributed by atoms with E-state index in [2.05, 4.69) is 15.2 Å². The van der Waals surface area contributed by atoms with E-state index in [0.717, 1.165) is 0 Å². The number of aromatic nitrogens is 3. The fraction of sp³-hybridized carbons (Fsp3) is 0.714. The van der Waals surface area contributed by atoms with Crippen LogP contribution in [0.4, 0.5) is 5.95 Å². The van der Waals surface area contributed by atoms with Crippen LogP contribution in [-0.2, 0) is 4.74 Å². The SMILES string of the molecule is CC.COCCN(N)c1nc(=S)[nH][nH]1. The second kappa shape index (κ2) is 7.48. The third-order valence-electron chi connectivity index (χ3n) is 1.30. The molecule has 0 fully saturated rings. The van der Waals surface area contributed by atoms with E-state index < -0.39 is 0 Å². The van der Waals surface area contributed by atoms with Gasteiger partial charge in [-0.1, -0.05) is 13.8 Å². The van der Waals surface area contributed by atoms with Crippen LogP contribution < -0.4 is 10.9 Å². The Kier molecular flexibility index (Phi) is 6.99. The first-order chi connectivity index (χ1) is 6.74. The molecule has 6 nitrogen and oxygen atoms in total. The number of H-pyrrole nitrogens is 2. The minimum absolute atomic E-state index is 0.387. The van der Waals surface area contributed by atoms with Crippen LogP contribution in [0, 0.1) is 4.77 Å². The largest absolute Gasteiger partial charge is 0.383 e. The number of methoxy groups -OCH3 is 1. The van der Waals surface area contributed by atoms with Crippen molar-refractivity contribution in [3.05, 3.63) is 4.77 Å². The highest BCUT2D eigenvalue weighted by atomic mass is 32.1. The molecule has 1 aromatic heterocycles.